The van der Waals surface area contributed by atoms with Crippen LogP contribution >= 0.6 is 11.3 Å². The molecular formula is C15H11NO2S. The predicted molar refractivity (Wildman–Crippen MR) is 75.2 cm³/mol. The fourth-order valence-corrected chi connectivity index (χ4v) is 2.10. The molecule has 0 radical (unpaired) electrons. The Morgan fingerprint density at radius 1 is 1.32 bits per heavy atom. The maximum absolute atomic E-state index is 11.9. The highest BCUT2D eigenvalue weighted by molar-refractivity contribution is 7.08. The molecule has 3 nitrogen and oxygen atoms in total. The third-order valence-corrected chi connectivity index (χ3v) is 3.11. The number of carbonyl (C=O) groups is 1. The lowest BCUT2D eigenvalue weighted by Crippen LogP contribution is -1.96. The molecule has 2 aromatic rings. The lowest BCUT2D eigenvalue weighted by atomic mass is 10.1. The number of hydrogen-bond donors (Lipinski definition) is 0. The van der Waals surface area contributed by atoms with Gasteiger partial charge in [-0.05, 0) is 52.7 Å². The lowest BCUT2D eigenvalue weighted by molar-refractivity contribution is 0.104. The summed E-state index contributed by atoms with van der Waals surface area (Å²) < 4.78 is 5.12. The number of carbonyl (C=O) groups excluding carboxylic acids is 1. The molecule has 1 heterocycles. The summed E-state index contributed by atoms with van der Waals surface area (Å²) in [4.78, 5) is 11.9. The molecule has 94 valence electrons. The van der Waals surface area contributed by atoms with Crippen LogP contribution in [-0.4, -0.2) is 12.4 Å². The fourth-order valence-electron chi connectivity index (χ4n) is 1.47. The van der Waals surface area contributed by atoms with Gasteiger partial charge < -0.3 is 4.74 Å². The Bertz CT molecular complexity index is 607. The largest absolute Gasteiger partial charge is 0.479 e. The van der Waals surface area contributed by atoms with E-state index in [2.05, 4.69) is 0 Å². The maximum atomic E-state index is 11.9. The summed E-state index contributed by atoms with van der Waals surface area (Å²) in [7, 11) is 0. The summed E-state index contributed by atoms with van der Waals surface area (Å²) in [6.07, 6.45) is 3.34. The molecule has 0 saturated carbocycles. The Balaban J connectivity index is 2.02. The quantitative estimate of drug-likeness (QED) is 0.616. The average molecular weight is 269 g/mol. The van der Waals surface area contributed by atoms with Crippen LogP contribution in [0.15, 0.2) is 47.2 Å². The standard InChI is InChI=1S/C15H11NO2S/c16-8-9-18-14-4-2-13(3-5-14)15(17)6-1-12-7-10-19-11-12/h1-7,10-11H,9H2/b6-1-. The third-order valence-electron chi connectivity index (χ3n) is 2.41. The van der Waals surface area contributed by atoms with Crippen LogP contribution in [0.25, 0.3) is 6.08 Å². The molecule has 1 aromatic carbocycles. The smallest absolute Gasteiger partial charge is 0.185 e. The number of ether oxygens (including phenoxy) is 1. The van der Waals surface area contributed by atoms with Crippen LogP contribution < -0.4 is 4.74 Å². The number of hydrogen-bond acceptors (Lipinski definition) is 4. The Hall–Kier alpha value is -2.38. The van der Waals surface area contributed by atoms with Gasteiger partial charge in [-0.1, -0.05) is 6.08 Å². The summed E-state index contributed by atoms with van der Waals surface area (Å²) >= 11 is 1.59. The molecule has 0 aliphatic rings. The van der Waals surface area contributed by atoms with Gasteiger partial charge >= 0.3 is 0 Å². The van der Waals surface area contributed by atoms with E-state index in [-0.39, 0.29) is 12.4 Å². The maximum Gasteiger partial charge on any atom is 0.185 e. The summed E-state index contributed by atoms with van der Waals surface area (Å²) in [5.41, 5.74) is 1.61. The molecule has 2 rings (SSSR count). The van der Waals surface area contributed by atoms with Gasteiger partial charge in [-0.3, -0.25) is 4.79 Å². The summed E-state index contributed by atoms with van der Waals surface area (Å²) in [6, 6.07) is 10.6. The van der Waals surface area contributed by atoms with Crippen molar-refractivity contribution >= 4 is 23.2 Å². The van der Waals surface area contributed by atoms with E-state index in [1.165, 1.54) is 0 Å². The van der Waals surface area contributed by atoms with Gasteiger partial charge in [0.15, 0.2) is 12.4 Å². The SMILES string of the molecule is N#CCOc1ccc(C(=O)/C=C\c2ccsc2)cc1. The summed E-state index contributed by atoms with van der Waals surface area (Å²) in [5.74, 6) is 0.526. The Kier molecular flexibility index (Phi) is 4.49. The molecule has 19 heavy (non-hydrogen) atoms. The van der Waals surface area contributed by atoms with Crippen molar-refractivity contribution < 1.29 is 9.53 Å². The molecule has 0 saturated heterocycles. The van der Waals surface area contributed by atoms with Crippen molar-refractivity contribution in [3.63, 3.8) is 0 Å². The first-order valence-electron chi connectivity index (χ1n) is 5.64. The van der Waals surface area contributed by atoms with Crippen molar-refractivity contribution in [3.05, 3.63) is 58.3 Å². The first kappa shape index (κ1) is 13.1. The topological polar surface area (TPSA) is 50.1 Å². The van der Waals surface area contributed by atoms with Crippen molar-refractivity contribution in [2.24, 2.45) is 0 Å². The number of ketones is 1. The van der Waals surface area contributed by atoms with Gasteiger partial charge in [-0.25, -0.2) is 0 Å². The van der Waals surface area contributed by atoms with Crippen molar-refractivity contribution in [3.8, 4) is 11.8 Å². The highest BCUT2D eigenvalue weighted by Gasteiger charge is 2.02. The van der Waals surface area contributed by atoms with Crippen LogP contribution in [0.5, 0.6) is 5.75 Å². The van der Waals surface area contributed by atoms with Gasteiger partial charge in [-0.15, -0.1) is 0 Å². The minimum Gasteiger partial charge on any atom is -0.479 e. The number of nitrogens with zero attached hydrogens (tertiary/aromatic N) is 1. The van der Waals surface area contributed by atoms with Gasteiger partial charge in [0.2, 0.25) is 0 Å². The summed E-state index contributed by atoms with van der Waals surface area (Å²) in [5, 5.41) is 12.3. The lowest BCUT2D eigenvalue weighted by Gasteiger charge is -2.01. The Morgan fingerprint density at radius 3 is 2.74 bits per heavy atom. The Labute approximate surface area is 115 Å². The van der Waals surface area contributed by atoms with Crippen molar-refractivity contribution in [1.82, 2.24) is 0 Å². The van der Waals surface area contributed by atoms with E-state index < -0.39 is 0 Å². The minimum absolute atomic E-state index is 0.00531. The fraction of sp³-hybridized carbons (Fsp3) is 0.0667. The molecule has 0 bridgehead atoms. The monoisotopic (exact) mass is 269 g/mol. The molecule has 0 aliphatic carbocycles. The van der Waals surface area contributed by atoms with Gasteiger partial charge in [0.25, 0.3) is 0 Å². The molecular weight excluding hydrogens is 258 g/mol. The molecule has 1 aromatic heterocycles. The van der Waals surface area contributed by atoms with Crippen LogP contribution in [0.1, 0.15) is 15.9 Å². The van der Waals surface area contributed by atoms with Crippen LogP contribution in [0, 0.1) is 11.3 Å². The molecule has 0 atom stereocenters. The van der Waals surface area contributed by atoms with Crippen LogP contribution in [0.3, 0.4) is 0 Å². The molecule has 0 unspecified atom stereocenters. The number of benzene rings is 1. The van der Waals surface area contributed by atoms with E-state index in [4.69, 9.17) is 10.00 Å². The minimum atomic E-state index is -0.0574. The molecule has 0 spiro atoms. The Morgan fingerprint density at radius 2 is 2.11 bits per heavy atom. The zero-order valence-corrected chi connectivity index (χ0v) is 10.9. The third kappa shape index (κ3) is 3.80. The number of nitriles is 1. The van der Waals surface area contributed by atoms with E-state index in [0.29, 0.717) is 11.3 Å². The van der Waals surface area contributed by atoms with Crippen LogP contribution in [0.4, 0.5) is 0 Å². The van der Waals surface area contributed by atoms with E-state index >= 15 is 0 Å². The molecule has 4 heteroatoms. The highest BCUT2D eigenvalue weighted by atomic mass is 32.1. The zero-order valence-electron chi connectivity index (χ0n) is 10.1. The normalized spacial score (nSPS) is 10.3. The first-order chi connectivity index (χ1) is 9.29. The second-order valence-electron chi connectivity index (χ2n) is 3.73. The van der Waals surface area contributed by atoms with E-state index in [1.807, 2.05) is 22.9 Å². The number of rotatable bonds is 5. The van der Waals surface area contributed by atoms with E-state index in [9.17, 15) is 4.79 Å². The van der Waals surface area contributed by atoms with Crippen molar-refractivity contribution in [2.75, 3.05) is 6.61 Å². The first-order valence-corrected chi connectivity index (χ1v) is 6.58. The van der Waals surface area contributed by atoms with Crippen LogP contribution in [0.2, 0.25) is 0 Å². The van der Waals surface area contributed by atoms with Gasteiger partial charge in [0.05, 0.1) is 0 Å². The second-order valence-corrected chi connectivity index (χ2v) is 4.51. The molecule has 0 N–H and O–H groups in total. The zero-order chi connectivity index (χ0) is 13.5. The highest BCUT2D eigenvalue weighted by Crippen LogP contribution is 2.14. The van der Waals surface area contributed by atoms with Gasteiger partial charge in [-0.2, -0.15) is 16.6 Å². The van der Waals surface area contributed by atoms with Crippen molar-refractivity contribution in [2.45, 2.75) is 0 Å². The van der Waals surface area contributed by atoms with E-state index in [0.717, 1.165) is 5.56 Å². The average Bonchev–Trinajstić information content (AvgIpc) is 2.96. The van der Waals surface area contributed by atoms with Gasteiger partial charge in [0.1, 0.15) is 11.8 Å². The second kappa shape index (κ2) is 6.53. The van der Waals surface area contributed by atoms with E-state index in [1.54, 1.807) is 47.8 Å². The van der Waals surface area contributed by atoms with Crippen molar-refractivity contribution in [1.29, 1.82) is 5.26 Å². The summed E-state index contributed by atoms with van der Waals surface area (Å²) in [6.45, 7) is 0.00531. The number of thiophene rings is 1. The van der Waals surface area contributed by atoms with Gasteiger partial charge in [0, 0.05) is 5.56 Å². The van der Waals surface area contributed by atoms with Crippen LogP contribution in [-0.2, 0) is 0 Å². The molecule has 0 aliphatic heterocycles. The number of allylic oxidation sites excluding steroid dienone is 1. The predicted octanol–water partition coefficient (Wildman–Crippen LogP) is 3.55. The molecule has 0 fully saturated rings. The molecule has 0 amide bonds.